The fraction of sp³-hybridized carbons (Fsp3) is 0.900. The van der Waals surface area contributed by atoms with E-state index in [-0.39, 0.29) is 0 Å². The Morgan fingerprint density at radius 2 is 0.929 bits per heavy atom. The summed E-state index contributed by atoms with van der Waals surface area (Å²) in [5, 5.41) is 18.1. The minimum absolute atomic E-state index is 0.576. The molecule has 0 radical (unpaired) electrons. The molecule has 0 aliphatic heterocycles. The van der Waals surface area contributed by atoms with Gasteiger partial charge in [-0.05, 0) is 12.8 Å². The fourth-order valence-corrected chi connectivity index (χ4v) is 2.88. The lowest BCUT2D eigenvalue weighted by Crippen LogP contribution is -2.19. The predicted octanol–water partition coefficient (Wildman–Crippen LogP) is 3.72. The number of amidine groups is 2. The van der Waals surface area contributed by atoms with E-state index in [0.29, 0.717) is 38.0 Å². The van der Waals surface area contributed by atoms with Gasteiger partial charge < -0.3 is 9.47 Å². The number of ether oxygens (including phenoxy) is 2. The van der Waals surface area contributed by atoms with Crippen molar-refractivity contribution in [1.29, 1.82) is 0 Å². The largest absolute Gasteiger partial charge is 0.383 e. The zero-order chi connectivity index (χ0) is 20.7. The topological polar surface area (TPSA) is 108 Å². The first-order valence-corrected chi connectivity index (χ1v) is 10.6. The normalized spacial score (nSPS) is 12.4. The van der Waals surface area contributed by atoms with Gasteiger partial charge in [0.1, 0.15) is 11.7 Å². The highest BCUT2D eigenvalue weighted by Crippen LogP contribution is 2.12. The molecule has 0 rings (SSSR count). The average Bonchev–Trinajstić information content (AvgIpc) is 2.72. The molecule has 0 aromatic heterocycles. The predicted molar refractivity (Wildman–Crippen MR) is 114 cm³/mol. The standard InChI is InChI=1S/C20H42N4O4/c1-27-17-15-21-19(23-25)13-11-9-7-5-3-4-6-8-10-12-14-20(24-26)22-16-18-28-2/h25-26H,3-18H2,1-2H3,(H,21,23)(H,22,24). The molecule has 0 heterocycles. The maximum Gasteiger partial charge on any atom is 0.120 e. The second-order valence-electron chi connectivity index (χ2n) is 6.90. The lowest BCUT2D eigenvalue weighted by Gasteiger charge is -2.06. The van der Waals surface area contributed by atoms with E-state index in [1.165, 1.54) is 51.4 Å². The molecule has 0 amide bonds. The Bertz CT molecular complexity index is 356. The van der Waals surface area contributed by atoms with Gasteiger partial charge in [-0.15, -0.1) is 0 Å². The molecule has 0 aliphatic carbocycles. The maximum absolute atomic E-state index is 9.03. The Labute approximate surface area is 170 Å². The Kier molecular flexibility index (Phi) is 21.1. The first-order valence-electron chi connectivity index (χ1n) is 10.6. The van der Waals surface area contributed by atoms with Gasteiger partial charge in [0.2, 0.25) is 0 Å². The van der Waals surface area contributed by atoms with Crippen molar-refractivity contribution >= 4 is 11.7 Å². The van der Waals surface area contributed by atoms with Crippen LogP contribution in [0.25, 0.3) is 0 Å². The van der Waals surface area contributed by atoms with E-state index in [1.54, 1.807) is 14.2 Å². The van der Waals surface area contributed by atoms with E-state index in [0.717, 1.165) is 25.7 Å². The van der Waals surface area contributed by atoms with Crippen LogP contribution in [0.3, 0.4) is 0 Å². The highest BCUT2D eigenvalue weighted by Gasteiger charge is 1.99. The van der Waals surface area contributed by atoms with Gasteiger partial charge in [-0.2, -0.15) is 0 Å². The van der Waals surface area contributed by atoms with Crippen molar-refractivity contribution in [2.45, 2.75) is 77.0 Å². The molecule has 8 nitrogen and oxygen atoms in total. The summed E-state index contributed by atoms with van der Waals surface area (Å²) in [6.45, 7) is 2.31. The van der Waals surface area contributed by atoms with Crippen LogP contribution < -0.4 is 11.0 Å². The van der Waals surface area contributed by atoms with Gasteiger partial charge in [0.05, 0.1) is 26.3 Å². The molecule has 0 aromatic carbocycles. The minimum atomic E-state index is 0.576. The molecule has 0 aromatic rings. The van der Waals surface area contributed by atoms with Crippen LogP contribution in [-0.4, -0.2) is 62.6 Å². The summed E-state index contributed by atoms with van der Waals surface area (Å²) in [5.41, 5.74) is 4.37. The van der Waals surface area contributed by atoms with Crippen molar-refractivity contribution in [3.05, 3.63) is 0 Å². The van der Waals surface area contributed by atoms with Crippen molar-refractivity contribution in [1.82, 2.24) is 11.0 Å². The van der Waals surface area contributed by atoms with Gasteiger partial charge in [-0.25, -0.2) is 0 Å². The average molecular weight is 403 g/mol. The summed E-state index contributed by atoms with van der Waals surface area (Å²) in [5.74, 6) is 1.31. The number of hydroxylamine groups is 2. The lowest BCUT2D eigenvalue weighted by atomic mass is 10.0. The highest BCUT2D eigenvalue weighted by molar-refractivity contribution is 5.81. The Balaban J connectivity index is 3.43. The Hall–Kier alpha value is -1.22. The molecular formula is C20H42N4O4. The molecule has 8 heteroatoms. The number of unbranched alkanes of at least 4 members (excludes halogenated alkanes) is 9. The van der Waals surface area contributed by atoms with Crippen LogP contribution in [0, 0.1) is 0 Å². The van der Waals surface area contributed by atoms with E-state index in [2.05, 4.69) is 20.9 Å². The van der Waals surface area contributed by atoms with Gasteiger partial charge in [0, 0.05) is 27.1 Å². The number of aliphatic imine (C=N–C) groups is 2. The van der Waals surface area contributed by atoms with Crippen LogP contribution in [0.1, 0.15) is 77.0 Å². The molecule has 0 saturated carbocycles. The second-order valence-corrected chi connectivity index (χ2v) is 6.90. The monoisotopic (exact) mass is 402 g/mol. The van der Waals surface area contributed by atoms with Crippen molar-refractivity contribution in [2.24, 2.45) is 9.98 Å². The molecule has 0 aliphatic rings. The first kappa shape index (κ1) is 26.8. The van der Waals surface area contributed by atoms with Crippen molar-refractivity contribution in [3.63, 3.8) is 0 Å². The summed E-state index contributed by atoms with van der Waals surface area (Å²) in [4.78, 5) is 8.50. The number of nitrogens with zero attached hydrogens (tertiary/aromatic N) is 2. The summed E-state index contributed by atoms with van der Waals surface area (Å²) in [7, 11) is 3.29. The summed E-state index contributed by atoms with van der Waals surface area (Å²) in [6.07, 6.45) is 13.6. The molecule has 0 fully saturated rings. The van der Waals surface area contributed by atoms with Crippen LogP contribution in [-0.2, 0) is 9.47 Å². The van der Waals surface area contributed by atoms with Crippen molar-refractivity contribution in [2.75, 3.05) is 40.5 Å². The molecule has 0 bridgehead atoms. The molecule has 0 spiro atoms. The molecule has 0 atom stereocenters. The number of nitrogens with one attached hydrogen (secondary N) is 2. The SMILES string of the molecule is COCCN=C(CCCCCCCCCCCCC(=NCCOC)NO)NO. The van der Waals surface area contributed by atoms with Crippen LogP contribution >= 0.6 is 0 Å². The smallest absolute Gasteiger partial charge is 0.120 e. The van der Waals surface area contributed by atoms with E-state index in [1.807, 2.05) is 0 Å². The third-order valence-electron chi connectivity index (χ3n) is 4.53. The minimum Gasteiger partial charge on any atom is -0.383 e. The van der Waals surface area contributed by atoms with Gasteiger partial charge in [0.25, 0.3) is 0 Å². The van der Waals surface area contributed by atoms with E-state index < -0.39 is 0 Å². The fourth-order valence-electron chi connectivity index (χ4n) is 2.88. The van der Waals surface area contributed by atoms with Gasteiger partial charge in [0.15, 0.2) is 0 Å². The van der Waals surface area contributed by atoms with Crippen LogP contribution in [0.4, 0.5) is 0 Å². The van der Waals surface area contributed by atoms with E-state index in [4.69, 9.17) is 19.9 Å². The number of hydrogen-bond donors (Lipinski definition) is 4. The summed E-state index contributed by atoms with van der Waals surface area (Å²) >= 11 is 0. The maximum atomic E-state index is 9.03. The molecule has 166 valence electrons. The van der Waals surface area contributed by atoms with Gasteiger partial charge in [-0.3, -0.25) is 31.4 Å². The van der Waals surface area contributed by atoms with Gasteiger partial charge >= 0.3 is 0 Å². The zero-order valence-electron chi connectivity index (χ0n) is 17.9. The quantitative estimate of drug-likeness (QED) is 0.114. The Morgan fingerprint density at radius 1 is 0.607 bits per heavy atom. The number of rotatable bonds is 19. The lowest BCUT2D eigenvalue weighted by molar-refractivity contribution is 0.205. The molecular weight excluding hydrogens is 360 g/mol. The third kappa shape index (κ3) is 18.2. The van der Waals surface area contributed by atoms with Crippen LogP contribution in [0.5, 0.6) is 0 Å². The second kappa shape index (κ2) is 22.1. The zero-order valence-corrected chi connectivity index (χ0v) is 17.9. The van der Waals surface area contributed by atoms with E-state index >= 15 is 0 Å². The molecule has 0 unspecified atom stereocenters. The van der Waals surface area contributed by atoms with Gasteiger partial charge in [-0.1, -0.05) is 51.4 Å². The first-order chi connectivity index (χ1) is 13.8. The van der Waals surface area contributed by atoms with Crippen LogP contribution in [0.15, 0.2) is 9.98 Å². The van der Waals surface area contributed by atoms with Crippen molar-refractivity contribution < 1.29 is 19.9 Å². The number of hydrogen-bond acceptors (Lipinski definition) is 6. The molecule has 28 heavy (non-hydrogen) atoms. The molecule has 4 N–H and O–H groups in total. The van der Waals surface area contributed by atoms with Crippen LogP contribution in [0.2, 0.25) is 0 Å². The summed E-state index contributed by atoms with van der Waals surface area (Å²) in [6, 6.07) is 0. The molecule has 0 saturated heterocycles. The van der Waals surface area contributed by atoms with Crippen molar-refractivity contribution in [3.8, 4) is 0 Å². The highest BCUT2D eigenvalue weighted by atomic mass is 16.5. The third-order valence-corrected chi connectivity index (χ3v) is 4.53. The Morgan fingerprint density at radius 3 is 1.21 bits per heavy atom. The number of methoxy groups -OCH3 is 2. The summed E-state index contributed by atoms with van der Waals surface area (Å²) < 4.78 is 9.89. The van der Waals surface area contributed by atoms with E-state index in [9.17, 15) is 0 Å².